The normalized spacial score (nSPS) is 14.5. The predicted octanol–water partition coefficient (Wildman–Crippen LogP) is 3.81. The standard InChI is InChI=1S/C17H20N2O3S/c1-17(2,3)22-16(21)19-5-4-11-6-12(14-9-23-10-18-14)7-15(20)13(11)8-19/h6-7,9-10,20H,4-5,8H2,1-3H3. The van der Waals surface area contributed by atoms with Gasteiger partial charge in [0.1, 0.15) is 11.4 Å². The first-order valence-corrected chi connectivity index (χ1v) is 8.49. The quantitative estimate of drug-likeness (QED) is 0.862. The van der Waals surface area contributed by atoms with Crippen molar-refractivity contribution < 1.29 is 14.6 Å². The molecule has 0 spiro atoms. The van der Waals surface area contributed by atoms with Crippen LogP contribution in [0.4, 0.5) is 4.79 Å². The van der Waals surface area contributed by atoms with Gasteiger partial charge >= 0.3 is 6.09 Å². The first-order valence-electron chi connectivity index (χ1n) is 7.55. The SMILES string of the molecule is CC(C)(C)OC(=O)N1CCc2cc(-c3cscn3)cc(O)c2C1. The third kappa shape index (κ3) is 3.47. The van der Waals surface area contributed by atoms with Gasteiger partial charge in [-0.2, -0.15) is 0 Å². The zero-order valence-corrected chi connectivity index (χ0v) is 14.3. The molecule has 1 N–H and O–H groups in total. The zero-order valence-electron chi connectivity index (χ0n) is 13.5. The predicted molar refractivity (Wildman–Crippen MR) is 89.6 cm³/mol. The Labute approximate surface area is 139 Å². The molecule has 0 fully saturated rings. The van der Waals surface area contributed by atoms with E-state index in [1.807, 2.05) is 26.2 Å². The van der Waals surface area contributed by atoms with Gasteiger partial charge in [0.25, 0.3) is 0 Å². The minimum Gasteiger partial charge on any atom is -0.508 e. The molecule has 0 bridgehead atoms. The van der Waals surface area contributed by atoms with E-state index in [2.05, 4.69) is 11.1 Å². The number of nitrogens with zero attached hydrogens (tertiary/aromatic N) is 2. The topological polar surface area (TPSA) is 62.7 Å². The lowest BCUT2D eigenvalue weighted by Gasteiger charge is -2.31. The number of hydrogen-bond donors (Lipinski definition) is 1. The summed E-state index contributed by atoms with van der Waals surface area (Å²) in [5.74, 6) is 0.207. The first-order chi connectivity index (χ1) is 10.8. The summed E-state index contributed by atoms with van der Waals surface area (Å²) >= 11 is 1.53. The number of aromatic hydroxyl groups is 1. The van der Waals surface area contributed by atoms with E-state index in [0.29, 0.717) is 19.5 Å². The van der Waals surface area contributed by atoms with Crippen molar-refractivity contribution in [2.45, 2.75) is 39.3 Å². The number of hydrogen-bond acceptors (Lipinski definition) is 5. The molecule has 6 heteroatoms. The molecule has 0 saturated heterocycles. The van der Waals surface area contributed by atoms with Crippen molar-refractivity contribution in [3.63, 3.8) is 0 Å². The highest BCUT2D eigenvalue weighted by atomic mass is 32.1. The third-order valence-electron chi connectivity index (χ3n) is 3.70. The average Bonchev–Trinajstić information content (AvgIpc) is 2.99. The fourth-order valence-corrected chi connectivity index (χ4v) is 3.19. The van der Waals surface area contributed by atoms with E-state index >= 15 is 0 Å². The Morgan fingerprint density at radius 2 is 2.17 bits per heavy atom. The number of phenols is 1. The van der Waals surface area contributed by atoms with Crippen LogP contribution in [0.3, 0.4) is 0 Å². The molecule has 0 atom stereocenters. The summed E-state index contributed by atoms with van der Waals surface area (Å²) in [5, 5.41) is 12.3. The van der Waals surface area contributed by atoms with Crippen LogP contribution in [0.25, 0.3) is 11.3 Å². The van der Waals surface area contributed by atoms with E-state index in [4.69, 9.17) is 4.74 Å². The molecule has 3 rings (SSSR count). The van der Waals surface area contributed by atoms with Crippen LogP contribution in [0.2, 0.25) is 0 Å². The summed E-state index contributed by atoms with van der Waals surface area (Å²) in [6, 6.07) is 3.77. The number of thiazole rings is 1. The molecular weight excluding hydrogens is 312 g/mol. The Morgan fingerprint density at radius 3 is 2.83 bits per heavy atom. The summed E-state index contributed by atoms with van der Waals surface area (Å²) in [7, 11) is 0. The van der Waals surface area contributed by atoms with Crippen molar-refractivity contribution in [3.8, 4) is 17.0 Å². The third-order valence-corrected chi connectivity index (χ3v) is 4.29. The number of fused-ring (bicyclic) bond motifs is 1. The maximum absolute atomic E-state index is 12.2. The molecule has 1 aromatic carbocycles. The van der Waals surface area contributed by atoms with Crippen molar-refractivity contribution in [2.75, 3.05) is 6.54 Å². The summed E-state index contributed by atoms with van der Waals surface area (Å²) in [4.78, 5) is 18.1. The molecule has 122 valence electrons. The molecule has 2 heterocycles. The number of benzene rings is 1. The summed E-state index contributed by atoms with van der Waals surface area (Å²) in [6.45, 7) is 6.50. The molecule has 1 aromatic heterocycles. The van der Waals surface area contributed by atoms with Crippen molar-refractivity contribution in [1.29, 1.82) is 0 Å². The highest BCUT2D eigenvalue weighted by Gasteiger charge is 2.27. The minimum atomic E-state index is -0.520. The van der Waals surface area contributed by atoms with Crippen molar-refractivity contribution in [1.82, 2.24) is 9.88 Å². The Hall–Kier alpha value is -2.08. The number of carbonyl (C=O) groups is 1. The Balaban J connectivity index is 1.83. The van der Waals surface area contributed by atoms with Gasteiger partial charge in [-0.15, -0.1) is 11.3 Å². The maximum atomic E-state index is 12.2. The molecule has 0 unspecified atom stereocenters. The highest BCUT2D eigenvalue weighted by molar-refractivity contribution is 7.07. The van der Waals surface area contributed by atoms with Gasteiger partial charge in [-0.05, 0) is 44.9 Å². The molecule has 1 aliphatic heterocycles. The molecule has 23 heavy (non-hydrogen) atoms. The number of aromatic nitrogens is 1. The van der Waals surface area contributed by atoms with Crippen LogP contribution in [0.5, 0.6) is 5.75 Å². The van der Waals surface area contributed by atoms with Crippen molar-refractivity contribution in [3.05, 3.63) is 34.2 Å². The monoisotopic (exact) mass is 332 g/mol. The molecule has 5 nitrogen and oxygen atoms in total. The zero-order chi connectivity index (χ0) is 16.6. The molecule has 0 aliphatic carbocycles. The average molecular weight is 332 g/mol. The van der Waals surface area contributed by atoms with E-state index in [9.17, 15) is 9.90 Å². The molecule has 0 radical (unpaired) electrons. The van der Waals surface area contributed by atoms with Gasteiger partial charge in [-0.1, -0.05) is 0 Å². The lowest BCUT2D eigenvalue weighted by molar-refractivity contribution is 0.0223. The molecule has 1 aliphatic rings. The second-order valence-electron chi connectivity index (χ2n) is 6.66. The van der Waals surface area contributed by atoms with Gasteiger partial charge in [0.2, 0.25) is 0 Å². The summed E-state index contributed by atoms with van der Waals surface area (Å²) < 4.78 is 5.41. The number of carbonyl (C=O) groups excluding carboxylic acids is 1. The van der Waals surface area contributed by atoms with Crippen LogP contribution < -0.4 is 0 Å². The van der Waals surface area contributed by atoms with Crippen LogP contribution in [0, 0.1) is 0 Å². The summed E-state index contributed by atoms with van der Waals surface area (Å²) in [6.07, 6.45) is 0.353. The minimum absolute atomic E-state index is 0.207. The van der Waals surface area contributed by atoms with Gasteiger partial charge in [-0.25, -0.2) is 9.78 Å². The van der Waals surface area contributed by atoms with Gasteiger partial charge in [0.15, 0.2) is 0 Å². The van der Waals surface area contributed by atoms with Crippen LogP contribution in [0.1, 0.15) is 31.9 Å². The molecule has 1 amide bonds. The Morgan fingerprint density at radius 1 is 1.39 bits per heavy atom. The highest BCUT2D eigenvalue weighted by Crippen LogP contribution is 2.33. The largest absolute Gasteiger partial charge is 0.508 e. The maximum Gasteiger partial charge on any atom is 0.410 e. The van der Waals surface area contributed by atoms with Gasteiger partial charge in [0, 0.05) is 23.1 Å². The first kappa shape index (κ1) is 15.8. The van der Waals surface area contributed by atoms with Crippen LogP contribution in [0.15, 0.2) is 23.0 Å². The second-order valence-corrected chi connectivity index (χ2v) is 7.38. The van der Waals surface area contributed by atoms with Crippen LogP contribution in [-0.2, 0) is 17.7 Å². The fraction of sp³-hybridized carbons (Fsp3) is 0.412. The van der Waals surface area contributed by atoms with Crippen molar-refractivity contribution in [2.24, 2.45) is 0 Å². The Kier molecular flexibility index (Phi) is 4.02. The lowest BCUT2D eigenvalue weighted by atomic mass is 9.95. The smallest absolute Gasteiger partial charge is 0.410 e. The Bertz CT molecular complexity index is 720. The molecular formula is C17H20N2O3S. The number of phenolic OH excluding ortho intramolecular Hbond substituents is 1. The van der Waals surface area contributed by atoms with Crippen LogP contribution in [-0.4, -0.2) is 33.2 Å². The van der Waals surface area contributed by atoms with E-state index in [1.165, 1.54) is 11.3 Å². The molecule has 2 aromatic rings. The fourth-order valence-electron chi connectivity index (χ4n) is 2.63. The van der Waals surface area contributed by atoms with Gasteiger partial charge < -0.3 is 14.7 Å². The molecule has 0 saturated carbocycles. The lowest BCUT2D eigenvalue weighted by Crippen LogP contribution is -2.39. The number of rotatable bonds is 1. The van der Waals surface area contributed by atoms with Crippen molar-refractivity contribution >= 4 is 17.4 Å². The van der Waals surface area contributed by atoms with Gasteiger partial charge in [-0.3, -0.25) is 0 Å². The number of ether oxygens (including phenoxy) is 1. The summed E-state index contributed by atoms with van der Waals surface area (Å²) in [5.41, 5.74) is 4.88. The van der Waals surface area contributed by atoms with E-state index in [-0.39, 0.29) is 11.8 Å². The van der Waals surface area contributed by atoms with Crippen LogP contribution >= 0.6 is 11.3 Å². The van der Waals surface area contributed by atoms with Gasteiger partial charge in [0.05, 0.1) is 17.7 Å². The van der Waals surface area contributed by atoms with E-state index in [0.717, 1.165) is 22.4 Å². The van der Waals surface area contributed by atoms with E-state index < -0.39 is 5.60 Å². The second kappa shape index (κ2) is 5.85. The number of amides is 1. The van der Waals surface area contributed by atoms with E-state index in [1.54, 1.807) is 16.5 Å².